The van der Waals surface area contributed by atoms with Crippen molar-refractivity contribution < 1.29 is 0 Å². The maximum absolute atomic E-state index is 5.64. The molecular formula is C13H23N3S. The lowest BCUT2D eigenvalue weighted by atomic mass is 9.80. The Morgan fingerprint density at radius 3 is 2.82 bits per heavy atom. The van der Waals surface area contributed by atoms with Gasteiger partial charge in [0.25, 0.3) is 0 Å². The second kappa shape index (κ2) is 4.94. The van der Waals surface area contributed by atoms with E-state index in [9.17, 15) is 0 Å². The average molecular weight is 253 g/mol. The van der Waals surface area contributed by atoms with E-state index in [0.29, 0.717) is 10.5 Å². The third kappa shape index (κ3) is 3.42. The topological polar surface area (TPSA) is 42.1 Å². The third-order valence-electron chi connectivity index (χ3n) is 3.75. The summed E-state index contributed by atoms with van der Waals surface area (Å²) in [5.41, 5.74) is 7.22. The van der Waals surface area contributed by atoms with Gasteiger partial charge in [0.1, 0.15) is 0 Å². The van der Waals surface area contributed by atoms with Crippen molar-refractivity contribution in [3.05, 3.63) is 11.1 Å². The van der Waals surface area contributed by atoms with Crippen LogP contribution in [0.15, 0.2) is 5.38 Å². The maximum Gasteiger partial charge on any atom is 0.180 e. The first kappa shape index (κ1) is 12.8. The second-order valence-electron chi connectivity index (χ2n) is 6.08. The number of rotatable bonds is 3. The Morgan fingerprint density at radius 2 is 2.29 bits per heavy atom. The smallest absolute Gasteiger partial charge is 0.180 e. The van der Waals surface area contributed by atoms with Crippen LogP contribution in [0.5, 0.6) is 0 Å². The zero-order chi connectivity index (χ0) is 12.5. The zero-order valence-electron chi connectivity index (χ0n) is 11.1. The highest BCUT2D eigenvalue weighted by molar-refractivity contribution is 7.13. The van der Waals surface area contributed by atoms with E-state index < -0.39 is 0 Å². The highest BCUT2D eigenvalue weighted by Crippen LogP contribution is 2.33. The Kier molecular flexibility index (Phi) is 3.73. The van der Waals surface area contributed by atoms with Gasteiger partial charge in [-0.25, -0.2) is 4.98 Å². The number of likely N-dealkylation sites (tertiary alicyclic amines) is 1. The summed E-state index contributed by atoms with van der Waals surface area (Å²) >= 11 is 1.54. The quantitative estimate of drug-likeness (QED) is 0.900. The molecule has 4 heteroatoms. The van der Waals surface area contributed by atoms with E-state index in [1.807, 2.05) is 0 Å². The molecule has 1 saturated heterocycles. The molecule has 96 valence electrons. The molecule has 0 saturated carbocycles. The van der Waals surface area contributed by atoms with E-state index in [2.05, 4.69) is 36.0 Å². The van der Waals surface area contributed by atoms with Crippen LogP contribution in [0, 0.1) is 11.3 Å². The first-order chi connectivity index (χ1) is 7.95. The van der Waals surface area contributed by atoms with E-state index in [1.54, 1.807) is 0 Å². The van der Waals surface area contributed by atoms with Crippen LogP contribution in [0.4, 0.5) is 5.13 Å². The van der Waals surface area contributed by atoms with E-state index in [0.717, 1.165) is 24.6 Å². The number of hydrogen-bond donors (Lipinski definition) is 1. The molecule has 0 radical (unpaired) electrons. The van der Waals surface area contributed by atoms with Crippen molar-refractivity contribution in [2.45, 2.75) is 33.6 Å². The van der Waals surface area contributed by atoms with Gasteiger partial charge < -0.3 is 10.6 Å². The molecule has 0 aromatic carbocycles. The molecule has 1 aromatic heterocycles. The maximum atomic E-state index is 5.64. The molecule has 17 heavy (non-hydrogen) atoms. The second-order valence-corrected chi connectivity index (χ2v) is 6.97. The summed E-state index contributed by atoms with van der Waals surface area (Å²) in [5.74, 6) is 0.836. The van der Waals surface area contributed by atoms with Crippen molar-refractivity contribution in [1.29, 1.82) is 0 Å². The summed E-state index contributed by atoms with van der Waals surface area (Å²) in [6.45, 7) is 10.6. The number of nitrogens with zero attached hydrogens (tertiary/aromatic N) is 2. The summed E-state index contributed by atoms with van der Waals surface area (Å²) < 4.78 is 0. The number of hydrogen-bond acceptors (Lipinski definition) is 4. The highest BCUT2D eigenvalue weighted by Gasteiger charge is 2.31. The molecule has 0 aliphatic carbocycles. The van der Waals surface area contributed by atoms with Gasteiger partial charge in [-0.05, 0) is 24.3 Å². The van der Waals surface area contributed by atoms with Crippen LogP contribution in [0.3, 0.4) is 0 Å². The van der Waals surface area contributed by atoms with E-state index in [1.165, 1.54) is 30.8 Å². The first-order valence-electron chi connectivity index (χ1n) is 6.37. The van der Waals surface area contributed by atoms with Crippen LogP contribution in [0.1, 0.15) is 32.9 Å². The van der Waals surface area contributed by atoms with Gasteiger partial charge >= 0.3 is 0 Å². The molecule has 0 spiro atoms. The van der Waals surface area contributed by atoms with Gasteiger partial charge in [-0.15, -0.1) is 11.3 Å². The lowest BCUT2D eigenvalue weighted by Gasteiger charge is -2.27. The molecule has 1 unspecified atom stereocenters. The third-order valence-corrected chi connectivity index (χ3v) is 4.47. The Morgan fingerprint density at radius 1 is 1.53 bits per heavy atom. The number of nitrogens with two attached hydrogens (primary N) is 1. The largest absolute Gasteiger partial charge is 0.375 e. The Balaban J connectivity index is 1.79. The predicted octanol–water partition coefficient (Wildman–Crippen LogP) is 2.64. The van der Waals surface area contributed by atoms with Crippen LogP contribution in [-0.2, 0) is 6.42 Å². The summed E-state index contributed by atoms with van der Waals surface area (Å²) in [7, 11) is 0. The van der Waals surface area contributed by atoms with E-state index >= 15 is 0 Å². The lowest BCUT2D eigenvalue weighted by molar-refractivity contribution is 0.230. The van der Waals surface area contributed by atoms with Gasteiger partial charge in [0.05, 0.1) is 5.69 Å². The Hall–Kier alpha value is -0.610. The molecule has 1 atom stereocenters. The van der Waals surface area contributed by atoms with Crippen molar-refractivity contribution in [2.75, 3.05) is 25.4 Å². The van der Waals surface area contributed by atoms with Crippen LogP contribution in [0.2, 0.25) is 0 Å². The molecular weight excluding hydrogens is 230 g/mol. The molecule has 2 N–H and O–H groups in total. The molecule has 1 aliphatic rings. The molecule has 2 rings (SSSR count). The minimum atomic E-state index is 0.444. The number of anilines is 1. The van der Waals surface area contributed by atoms with Crippen molar-refractivity contribution in [2.24, 2.45) is 11.3 Å². The van der Waals surface area contributed by atoms with E-state index in [4.69, 9.17) is 5.73 Å². The number of aromatic nitrogens is 1. The van der Waals surface area contributed by atoms with Gasteiger partial charge in [0.2, 0.25) is 0 Å². The Bertz CT molecular complexity index is 367. The minimum Gasteiger partial charge on any atom is -0.375 e. The van der Waals surface area contributed by atoms with Gasteiger partial charge in [-0.3, -0.25) is 0 Å². The molecule has 3 nitrogen and oxygen atoms in total. The lowest BCUT2D eigenvalue weighted by Crippen LogP contribution is -2.27. The monoisotopic (exact) mass is 253 g/mol. The van der Waals surface area contributed by atoms with Crippen molar-refractivity contribution in [1.82, 2.24) is 9.88 Å². The molecule has 1 fully saturated rings. The minimum absolute atomic E-state index is 0.444. The highest BCUT2D eigenvalue weighted by atomic mass is 32.1. The van der Waals surface area contributed by atoms with Crippen molar-refractivity contribution in [3.63, 3.8) is 0 Å². The fraction of sp³-hybridized carbons (Fsp3) is 0.769. The predicted molar refractivity (Wildman–Crippen MR) is 74.2 cm³/mol. The van der Waals surface area contributed by atoms with Crippen LogP contribution >= 0.6 is 11.3 Å². The van der Waals surface area contributed by atoms with Crippen LogP contribution in [0.25, 0.3) is 0 Å². The van der Waals surface area contributed by atoms with Gasteiger partial charge in [-0.2, -0.15) is 0 Å². The molecule has 1 aliphatic heterocycles. The normalized spacial score (nSPS) is 22.2. The first-order valence-corrected chi connectivity index (χ1v) is 7.25. The summed E-state index contributed by atoms with van der Waals surface area (Å²) in [4.78, 5) is 6.87. The van der Waals surface area contributed by atoms with E-state index in [-0.39, 0.29) is 0 Å². The SMILES string of the molecule is CC(C)(C)C1CCN(CCc2csc(N)n2)C1. The van der Waals surface area contributed by atoms with Crippen molar-refractivity contribution >= 4 is 16.5 Å². The number of thiazole rings is 1. The van der Waals surface area contributed by atoms with Gasteiger partial charge in [-0.1, -0.05) is 20.8 Å². The summed E-state index contributed by atoms with van der Waals surface area (Å²) in [6, 6.07) is 0. The standard InChI is InChI=1S/C13H23N3S/c1-13(2,3)10-4-6-16(8-10)7-5-11-9-17-12(14)15-11/h9-10H,4-8H2,1-3H3,(H2,14,15). The molecule has 1 aromatic rings. The fourth-order valence-corrected chi connectivity index (χ4v) is 3.05. The zero-order valence-corrected chi connectivity index (χ0v) is 11.9. The summed E-state index contributed by atoms with van der Waals surface area (Å²) in [5, 5.41) is 2.76. The van der Waals surface area contributed by atoms with Gasteiger partial charge in [0, 0.05) is 24.9 Å². The fourth-order valence-electron chi connectivity index (χ4n) is 2.45. The molecule has 0 bridgehead atoms. The summed E-state index contributed by atoms with van der Waals surface area (Å²) in [6.07, 6.45) is 2.37. The van der Waals surface area contributed by atoms with Crippen LogP contribution < -0.4 is 5.73 Å². The number of nitrogen functional groups attached to an aromatic ring is 1. The van der Waals surface area contributed by atoms with Crippen LogP contribution in [-0.4, -0.2) is 29.5 Å². The molecule has 0 amide bonds. The Labute approximate surface area is 108 Å². The average Bonchev–Trinajstić information content (AvgIpc) is 2.82. The van der Waals surface area contributed by atoms with Gasteiger partial charge in [0.15, 0.2) is 5.13 Å². The molecule has 2 heterocycles. The van der Waals surface area contributed by atoms with Crippen molar-refractivity contribution in [3.8, 4) is 0 Å².